The highest BCUT2D eigenvalue weighted by Crippen LogP contribution is 2.22. The maximum absolute atomic E-state index is 5.83. The van der Waals surface area contributed by atoms with E-state index in [1.165, 1.54) is 32.4 Å². The Morgan fingerprint density at radius 1 is 1.11 bits per heavy atom. The highest BCUT2D eigenvalue weighted by atomic mass is 16.5. The van der Waals surface area contributed by atoms with Gasteiger partial charge in [0.25, 0.3) is 0 Å². The van der Waals surface area contributed by atoms with Crippen molar-refractivity contribution in [1.82, 2.24) is 9.80 Å². The van der Waals surface area contributed by atoms with Crippen molar-refractivity contribution in [3.63, 3.8) is 0 Å². The Morgan fingerprint density at radius 3 is 2.17 bits per heavy atom. The van der Waals surface area contributed by atoms with Gasteiger partial charge in [0.15, 0.2) is 0 Å². The topological polar surface area (TPSA) is 15.7 Å². The largest absolute Gasteiger partial charge is 0.373 e. The zero-order valence-corrected chi connectivity index (χ0v) is 12.6. The Hall–Kier alpha value is -0.120. The number of hydrogen-bond acceptors (Lipinski definition) is 3. The summed E-state index contributed by atoms with van der Waals surface area (Å²) in [5.74, 6) is 0. The number of rotatable bonds is 3. The Kier molecular flexibility index (Phi) is 5.05. The summed E-state index contributed by atoms with van der Waals surface area (Å²) >= 11 is 0. The van der Waals surface area contributed by atoms with Gasteiger partial charge in [-0.1, -0.05) is 6.92 Å². The van der Waals surface area contributed by atoms with Crippen LogP contribution in [0.15, 0.2) is 0 Å². The van der Waals surface area contributed by atoms with E-state index in [-0.39, 0.29) is 0 Å². The van der Waals surface area contributed by atoms with Gasteiger partial charge in [0.1, 0.15) is 0 Å². The molecule has 2 fully saturated rings. The molecule has 0 aromatic carbocycles. The second-order valence-electron chi connectivity index (χ2n) is 6.24. The summed E-state index contributed by atoms with van der Waals surface area (Å²) in [4.78, 5) is 5.33. The van der Waals surface area contributed by atoms with E-state index in [4.69, 9.17) is 4.74 Å². The van der Waals surface area contributed by atoms with Crippen LogP contribution < -0.4 is 0 Å². The fourth-order valence-corrected chi connectivity index (χ4v) is 3.47. The third kappa shape index (κ3) is 3.46. The van der Waals surface area contributed by atoms with Gasteiger partial charge >= 0.3 is 0 Å². The van der Waals surface area contributed by atoms with Gasteiger partial charge in [-0.3, -0.25) is 4.90 Å². The van der Waals surface area contributed by atoms with Crippen molar-refractivity contribution in [2.75, 3.05) is 26.2 Å². The van der Waals surface area contributed by atoms with Crippen LogP contribution in [-0.4, -0.2) is 60.3 Å². The fraction of sp³-hybridized carbons (Fsp3) is 1.00. The molecule has 2 aliphatic heterocycles. The van der Waals surface area contributed by atoms with Crippen LogP contribution in [0.4, 0.5) is 0 Å². The van der Waals surface area contributed by atoms with Gasteiger partial charge in [0.2, 0.25) is 0 Å². The normalized spacial score (nSPS) is 34.7. The molecule has 18 heavy (non-hydrogen) atoms. The molecule has 2 rings (SSSR count). The lowest BCUT2D eigenvalue weighted by Gasteiger charge is -2.44. The fourth-order valence-electron chi connectivity index (χ4n) is 3.47. The molecule has 2 aliphatic rings. The van der Waals surface area contributed by atoms with Gasteiger partial charge in [-0.05, 0) is 53.1 Å². The predicted molar refractivity (Wildman–Crippen MR) is 75.9 cm³/mol. The average molecular weight is 254 g/mol. The van der Waals surface area contributed by atoms with Gasteiger partial charge in [0.05, 0.1) is 12.2 Å². The Labute approximate surface area is 112 Å². The molecule has 0 aliphatic carbocycles. The monoisotopic (exact) mass is 254 g/mol. The maximum atomic E-state index is 5.83. The van der Waals surface area contributed by atoms with Crippen molar-refractivity contribution in [1.29, 1.82) is 0 Å². The number of nitrogens with zero attached hydrogens (tertiary/aromatic N) is 2. The van der Waals surface area contributed by atoms with Crippen LogP contribution in [0.25, 0.3) is 0 Å². The van der Waals surface area contributed by atoms with E-state index in [1.807, 2.05) is 0 Å². The zero-order valence-electron chi connectivity index (χ0n) is 12.6. The molecule has 0 N–H and O–H groups in total. The van der Waals surface area contributed by atoms with Crippen LogP contribution in [0.1, 0.15) is 47.0 Å². The lowest BCUT2D eigenvalue weighted by Crippen LogP contribution is -2.54. The van der Waals surface area contributed by atoms with Crippen molar-refractivity contribution >= 4 is 0 Å². The van der Waals surface area contributed by atoms with Crippen molar-refractivity contribution in [3.05, 3.63) is 0 Å². The first kappa shape index (κ1) is 14.3. The molecule has 0 unspecified atom stereocenters. The summed E-state index contributed by atoms with van der Waals surface area (Å²) < 4.78 is 5.83. The Morgan fingerprint density at radius 2 is 1.67 bits per heavy atom. The zero-order chi connectivity index (χ0) is 13.1. The second kappa shape index (κ2) is 6.36. The number of piperidine rings is 1. The highest BCUT2D eigenvalue weighted by Gasteiger charge is 2.30. The number of ether oxygens (including phenoxy) is 1. The molecule has 0 amide bonds. The first-order chi connectivity index (χ1) is 8.60. The maximum Gasteiger partial charge on any atom is 0.0678 e. The van der Waals surface area contributed by atoms with E-state index in [1.54, 1.807) is 0 Å². The van der Waals surface area contributed by atoms with Gasteiger partial charge in [-0.25, -0.2) is 0 Å². The number of morpholine rings is 1. The smallest absolute Gasteiger partial charge is 0.0678 e. The minimum absolute atomic E-state index is 0.404. The van der Waals surface area contributed by atoms with Crippen LogP contribution in [-0.2, 0) is 4.74 Å². The molecule has 3 nitrogen and oxygen atoms in total. The van der Waals surface area contributed by atoms with Gasteiger partial charge < -0.3 is 9.64 Å². The molecule has 3 heteroatoms. The summed E-state index contributed by atoms with van der Waals surface area (Å²) in [6.07, 6.45) is 4.76. The summed E-state index contributed by atoms with van der Waals surface area (Å²) in [5, 5.41) is 0. The van der Waals surface area contributed by atoms with E-state index in [0.717, 1.165) is 25.2 Å². The first-order valence-corrected chi connectivity index (χ1v) is 7.73. The molecule has 0 radical (unpaired) electrons. The Balaban J connectivity index is 1.82. The molecule has 2 heterocycles. The third-order valence-electron chi connectivity index (χ3n) is 4.68. The van der Waals surface area contributed by atoms with E-state index in [2.05, 4.69) is 37.5 Å². The Bertz CT molecular complexity index is 241. The van der Waals surface area contributed by atoms with Gasteiger partial charge in [-0.2, -0.15) is 0 Å². The first-order valence-electron chi connectivity index (χ1n) is 7.73. The van der Waals surface area contributed by atoms with Crippen molar-refractivity contribution in [2.45, 2.75) is 71.2 Å². The third-order valence-corrected chi connectivity index (χ3v) is 4.68. The molecule has 0 spiro atoms. The standard InChI is InChI=1S/C15H30N2O/c1-5-12(2)16-8-6-15(7-9-16)17-10-13(3)18-14(4)11-17/h12-15H,5-11H2,1-4H3/t12-,13-,14-/m1/s1. The molecule has 3 atom stereocenters. The molecule has 0 saturated carbocycles. The van der Waals surface area contributed by atoms with Crippen molar-refractivity contribution in [3.8, 4) is 0 Å². The van der Waals surface area contributed by atoms with Crippen LogP contribution in [0, 0.1) is 0 Å². The van der Waals surface area contributed by atoms with E-state index < -0.39 is 0 Å². The molecule has 2 saturated heterocycles. The SMILES string of the molecule is CC[C@@H](C)N1CCC(N2C[C@@H](C)O[C@H](C)C2)CC1. The molecule has 106 valence electrons. The minimum atomic E-state index is 0.404. The highest BCUT2D eigenvalue weighted by molar-refractivity contribution is 4.85. The van der Waals surface area contributed by atoms with E-state index in [9.17, 15) is 0 Å². The summed E-state index contributed by atoms with van der Waals surface area (Å²) in [7, 11) is 0. The van der Waals surface area contributed by atoms with Crippen molar-refractivity contribution in [2.24, 2.45) is 0 Å². The van der Waals surface area contributed by atoms with Crippen LogP contribution in [0.2, 0.25) is 0 Å². The molecule has 0 bridgehead atoms. The average Bonchev–Trinajstić information content (AvgIpc) is 2.37. The quantitative estimate of drug-likeness (QED) is 0.769. The van der Waals surface area contributed by atoms with Crippen molar-refractivity contribution < 1.29 is 4.74 Å². The number of likely N-dealkylation sites (tertiary alicyclic amines) is 1. The molecule has 0 aromatic heterocycles. The lowest BCUT2D eigenvalue weighted by molar-refractivity contribution is -0.0872. The molecular formula is C15H30N2O. The minimum Gasteiger partial charge on any atom is -0.373 e. The second-order valence-corrected chi connectivity index (χ2v) is 6.24. The van der Waals surface area contributed by atoms with Gasteiger partial charge in [-0.15, -0.1) is 0 Å². The molecule has 0 aromatic rings. The summed E-state index contributed by atoms with van der Waals surface area (Å²) in [6, 6.07) is 1.55. The number of hydrogen-bond donors (Lipinski definition) is 0. The molecular weight excluding hydrogens is 224 g/mol. The van der Waals surface area contributed by atoms with E-state index >= 15 is 0 Å². The lowest BCUT2D eigenvalue weighted by atomic mass is 9.99. The summed E-state index contributed by atoms with van der Waals surface area (Å²) in [6.45, 7) is 13.9. The summed E-state index contributed by atoms with van der Waals surface area (Å²) in [5.41, 5.74) is 0. The predicted octanol–water partition coefficient (Wildman–Crippen LogP) is 2.36. The van der Waals surface area contributed by atoms with Gasteiger partial charge in [0, 0.05) is 25.2 Å². The van der Waals surface area contributed by atoms with Crippen LogP contribution in [0.5, 0.6) is 0 Å². The van der Waals surface area contributed by atoms with Crippen LogP contribution in [0.3, 0.4) is 0 Å². The van der Waals surface area contributed by atoms with E-state index in [0.29, 0.717) is 12.2 Å². The van der Waals surface area contributed by atoms with Crippen LogP contribution >= 0.6 is 0 Å².